The Morgan fingerprint density at radius 2 is 1.57 bits per heavy atom. The molecule has 0 spiro atoms. The first kappa shape index (κ1) is 17.8. The zero-order valence-corrected chi connectivity index (χ0v) is 15.9. The van der Waals surface area contributed by atoms with E-state index in [-0.39, 0.29) is 5.91 Å². The van der Waals surface area contributed by atoms with Crippen molar-refractivity contribution in [1.82, 2.24) is 9.97 Å². The van der Waals surface area contributed by atoms with E-state index >= 15 is 0 Å². The first-order chi connectivity index (χ1) is 14.8. The summed E-state index contributed by atoms with van der Waals surface area (Å²) in [6, 6.07) is 26.7. The lowest BCUT2D eigenvalue weighted by atomic mass is 10.1. The molecule has 5 aromatic rings. The Labute approximate surface area is 173 Å². The Bertz CT molecular complexity index is 1340. The van der Waals surface area contributed by atoms with Crippen molar-refractivity contribution >= 4 is 22.5 Å². The van der Waals surface area contributed by atoms with Gasteiger partial charge in [-0.3, -0.25) is 9.78 Å². The number of carbonyl (C=O) groups is 1. The third kappa shape index (κ3) is 3.44. The maximum Gasteiger partial charge on any atom is 0.256 e. The van der Waals surface area contributed by atoms with Crippen LogP contribution in [0.1, 0.15) is 10.4 Å². The molecule has 144 valence electrons. The van der Waals surface area contributed by atoms with Gasteiger partial charge in [0, 0.05) is 16.5 Å². The van der Waals surface area contributed by atoms with Gasteiger partial charge in [0.05, 0.1) is 29.2 Å². The monoisotopic (exact) mass is 391 g/mol. The van der Waals surface area contributed by atoms with Gasteiger partial charge in [-0.05, 0) is 24.3 Å². The lowest BCUT2D eigenvalue weighted by molar-refractivity contribution is 0.102. The molecule has 0 aliphatic rings. The quantitative estimate of drug-likeness (QED) is 0.420. The number of rotatable bonds is 4. The molecule has 0 radical (unpaired) electrons. The molecule has 5 heteroatoms. The van der Waals surface area contributed by atoms with Crippen LogP contribution in [0, 0.1) is 0 Å². The summed E-state index contributed by atoms with van der Waals surface area (Å²) in [5.41, 5.74) is 3.55. The number of nitrogens with zero attached hydrogens (tertiary/aromatic N) is 2. The molecule has 2 aromatic heterocycles. The van der Waals surface area contributed by atoms with Crippen LogP contribution in [0.25, 0.3) is 33.7 Å². The van der Waals surface area contributed by atoms with Gasteiger partial charge in [-0.2, -0.15) is 0 Å². The predicted octanol–water partition coefficient (Wildman–Crippen LogP) is 5.81. The highest BCUT2D eigenvalue weighted by atomic mass is 16.4. The van der Waals surface area contributed by atoms with Gasteiger partial charge in [-0.15, -0.1) is 0 Å². The number of anilines is 1. The fraction of sp³-hybridized carbons (Fsp3) is 0. The van der Waals surface area contributed by atoms with Gasteiger partial charge >= 0.3 is 0 Å². The maximum absolute atomic E-state index is 13.0. The van der Waals surface area contributed by atoms with Crippen molar-refractivity contribution in [3.8, 4) is 22.8 Å². The first-order valence-corrected chi connectivity index (χ1v) is 9.55. The van der Waals surface area contributed by atoms with Gasteiger partial charge in [0.15, 0.2) is 5.76 Å². The molecule has 5 rings (SSSR count). The standard InChI is InChI=1S/C25H17N3O2/c29-24(28-19-14-18-10-4-7-13-22(18)26-15-19)20-11-5-6-12-21(20)25-27-16-23(30-25)17-8-2-1-3-9-17/h1-16H,(H,28,29). The maximum atomic E-state index is 13.0. The molecule has 5 nitrogen and oxygen atoms in total. The van der Waals surface area contributed by atoms with E-state index in [1.807, 2.05) is 78.9 Å². The van der Waals surface area contributed by atoms with E-state index < -0.39 is 0 Å². The Morgan fingerprint density at radius 3 is 2.47 bits per heavy atom. The Kier molecular flexibility index (Phi) is 4.54. The molecule has 0 fully saturated rings. The summed E-state index contributed by atoms with van der Waals surface area (Å²) >= 11 is 0. The third-order valence-electron chi connectivity index (χ3n) is 4.81. The van der Waals surface area contributed by atoms with Crippen molar-refractivity contribution < 1.29 is 9.21 Å². The second-order valence-corrected chi connectivity index (χ2v) is 6.81. The van der Waals surface area contributed by atoms with Crippen molar-refractivity contribution in [1.29, 1.82) is 0 Å². The third-order valence-corrected chi connectivity index (χ3v) is 4.81. The van der Waals surface area contributed by atoms with Crippen LogP contribution in [0.5, 0.6) is 0 Å². The van der Waals surface area contributed by atoms with E-state index in [9.17, 15) is 4.79 Å². The predicted molar refractivity (Wildman–Crippen MR) is 117 cm³/mol. The lowest BCUT2D eigenvalue weighted by Gasteiger charge is -2.09. The minimum absolute atomic E-state index is 0.248. The number of pyridine rings is 1. The number of aromatic nitrogens is 2. The van der Waals surface area contributed by atoms with Gasteiger partial charge in [0.25, 0.3) is 5.91 Å². The van der Waals surface area contributed by atoms with Gasteiger partial charge < -0.3 is 9.73 Å². The number of benzene rings is 3. The van der Waals surface area contributed by atoms with Crippen molar-refractivity contribution in [2.45, 2.75) is 0 Å². The Morgan fingerprint density at radius 1 is 0.800 bits per heavy atom. The normalized spacial score (nSPS) is 10.8. The number of carbonyl (C=O) groups excluding carboxylic acids is 1. The topological polar surface area (TPSA) is 68.0 Å². The van der Waals surface area contributed by atoms with E-state index in [4.69, 9.17) is 4.42 Å². The van der Waals surface area contributed by atoms with Crippen LogP contribution in [0.3, 0.4) is 0 Å². The molecular weight excluding hydrogens is 374 g/mol. The number of amides is 1. The van der Waals surface area contributed by atoms with Crippen molar-refractivity contribution in [3.63, 3.8) is 0 Å². The molecular formula is C25H17N3O2. The highest BCUT2D eigenvalue weighted by molar-refractivity contribution is 6.08. The highest BCUT2D eigenvalue weighted by Crippen LogP contribution is 2.28. The summed E-state index contributed by atoms with van der Waals surface area (Å²) in [6.45, 7) is 0. The summed E-state index contributed by atoms with van der Waals surface area (Å²) in [6.07, 6.45) is 3.33. The second kappa shape index (κ2) is 7.64. The molecule has 0 saturated heterocycles. The fourth-order valence-electron chi connectivity index (χ4n) is 3.34. The zero-order chi connectivity index (χ0) is 20.3. The van der Waals surface area contributed by atoms with Crippen molar-refractivity contribution in [2.24, 2.45) is 0 Å². The first-order valence-electron chi connectivity index (χ1n) is 9.55. The van der Waals surface area contributed by atoms with Gasteiger partial charge in [-0.25, -0.2) is 4.98 Å². The Balaban J connectivity index is 1.45. The molecule has 30 heavy (non-hydrogen) atoms. The van der Waals surface area contributed by atoms with Crippen LogP contribution in [0.15, 0.2) is 102 Å². The highest BCUT2D eigenvalue weighted by Gasteiger charge is 2.17. The fourth-order valence-corrected chi connectivity index (χ4v) is 3.34. The largest absolute Gasteiger partial charge is 0.436 e. The molecule has 3 aromatic carbocycles. The smallest absolute Gasteiger partial charge is 0.256 e. The van der Waals surface area contributed by atoms with Crippen LogP contribution in [-0.2, 0) is 0 Å². The van der Waals surface area contributed by atoms with Crippen LogP contribution < -0.4 is 5.32 Å². The Hall–Kier alpha value is -4.25. The number of oxazole rings is 1. The van der Waals surface area contributed by atoms with Crippen LogP contribution in [0.4, 0.5) is 5.69 Å². The summed E-state index contributed by atoms with van der Waals surface area (Å²) in [5, 5.41) is 3.89. The molecule has 1 amide bonds. The second-order valence-electron chi connectivity index (χ2n) is 6.81. The van der Waals surface area contributed by atoms with Gasteiger partial charge in [0.1, 0.15) is 0 Å². The molecule has 0 unspecified atom stereocenters. The van der Waals surface area contributed by atoms with E-state index in [0.717, 1.165) is 16.5 Å². The molecule has 0 bridgehead atoms. The van der Waals surface area contributed by atoms with Crippen LogP contribution in [0.2, 0.25) is 0 Å². The molecule has 1 N–H and O–H groups in total. The summed E-state index contributed by atoms with van der Waals surface area (Å²) < 4.78 is 5.95. The number of hydrogen-bond acceptors (Lipinski definition) is 4. The van der Waals surface area contributed by atoms with E-state index in [1.54, 1.807) is 18.5 Å². The molecule has 2 heterocycles. The molecule has 0 aliphatic carbocycles. The average molecular weight is 391 g/mol. The van der Waals surface area contributed by atoms with E-state index in [2.05, 4.69) is 15.3 Å². The summed E-state index contributed by atoms with van der Waals surface area (Å²) in [5.74, 6) is 0.804. The number of para-hydroxylation sites is 1. The zero-order valence-electron chi connectivity index (χ0n) is 15.9. The number of hydrogen-bond donors (Lipinski definition) is 1. The molecule has 0 atom stereocenters. The lowest BCUT2D eigenvalue weighted by Crippen LogP contribution is -2.13. The van der Waals surface area contributed by atoms with Crippen molar-refractivity contribution in [2.75, 3.05) is 5.32 Å². The van der Waals surface area contributed by atoms with Crippen LogP contribution >= 0.6 is 0 Å². The molecule has 0 saturated carbocycles. The van der Waals surface area contributed by atoms with E-state index in [0.29, 0.717) is 28.5 Å². The summed E-state index contributed by atoms with van der Waals surface area (Å²) in [7, 11) is 0. The average Bonchev–Trinajstić information content (AvgIpc) is 3.30. The number of fused-ring (bicyclic) bond motifs is 1. The summed E-state index contributed by atoms with van der Waals surface area (Å²) in [4.78, 5) is 21.8. The van der Waals surface area contributed by atoms with Gasteiger partial charge in [-0.1, -0.05) is 60.7 Å². The van der Waals surface area contributed by atoms with Crippen LogP contribution in [-0.4, -0.2) is 15.9 Å². The minimum Gasteiger partial charge on any atom is -0.436 e. The van der Waals surface area contributed by atoms with Crippen molar-refractivity contribution in [3.05, 3.63) is 103 Å². The SMILES string of the molecule is O=C(Nc1cnc2ccccc2c1)c1ccccc1-c1ncc(-c2ccccc2)o1. The van der Waals surface area contributed by atoms with Gasteiger partial charge in [0.2, 0.25) is 5.89 Å². The molecule has 0 aliphatic heterocycles. The number of nitrogens with one attached hydrogen (secondary N) is 1. The minimum atomic E-state index is -0.248. The van der Waals surface area contributed by atoms with E-state index in [1.165, 1.54) is 0 Å².